The molecular formula is C18H16ClNO6. The molecule has 0 unspecified atom stereocenters. The average Bonchev–Trinajstić information content (AvgIpc) is 2.66. The maximum absolute atomic E-state index is 12.1. The Morgan fingerprint density at radius 1 is 0.962 bits per heavy atom. The summed E-state index contributed by atoms with van der Waals surface area (Å²) in [6.45, 7) is -0.301. The zero-order valence-electron chi connectivity index (χ0n) is 14.1. The van der Waals surface area contributed by atoms with E-state index in [2.05, 4.69) is 14.8 Å². The first kappa shape index (κ1) is 19.3. The van der Waals surface area contributed by atoms with Crippen molar-refractivity contribution in [3.8, 4) is 5.75 Å². The molecule has 136 valence electrons. The molecule has 0 aliphatic heterocycles. The largest absolute Gasteiger partial charge is 0.484 e. The molecule has 0 saturated carbocycles. The molecule has 0 aliphatic rings. The Hall–Kier alpha value is -3.06. The number of amides is 1. The molecule has 0 spiro atoms. The second kappa shape index (κ2) is 8.87. The molecule has 26 heavy (non-hydrogen) atoms. The Balaban J connectivity index is 2.14. The van der Waals surface area contributed by atoms with Crippen molar-refractivity contribution in [1.82, 2.24) is 0 Å². The maximum Gasteiger partial charge on any atom is 0.339 e. The van der Waals surface area contributed by atoms with Crippen LogP contribution in [0.4, 0.5) is 5.69 Å². The molecule has 0 bridgehead atoms. The number of hydrogen-bond donors (Lipinski definition) is 1. The van der Waals surface area contributed by atoms with Crippen LogP contribution in [0.5, 0.6) is 5.75 Å². The van der Waals surface area contributed by atoms with Crippen LogP contribution < -0.4 is 10.1 Å². The van der Waals surface area contributed by atoms with Crippen LogP contribution in [-0.2, 0) is 14.3 Å². The van der Waals surface area contributed by atoms with Gasteiger partial charge in [-0.05, 0) is 42.5 Å². The zero-order chi connectivity index (χ0) is 19.1. The number of esters is 2. The van der Waals surface area contributed by atoms with Crippen molar-refractivity contribution in [1.29, 1.82) is 0 Å². The van der Waals surface area contributed by atoms with Gasteiger partial charge in [-0.3, -0.25) is 4.79 Å². The van der Waals surface area contributed by atoms with Crippen LogP contribution >= 0.6 is 11.6 Å². The fourth-order valence-corrected chi connectivity index (χ4v) is 2.17. The number of benzene rings is 2. The minimum absolute atomic E-state index is 0.0972. The predicted molar refractivity (Wildman–Crippen MR) is 94.7 cm³/mol. The van der Waals surface area contributed by atoms with Gasteiger partial charge in [-0.15, -0.1) is 0 Å². The molecule has 0 fully saturated rings. The van der Waals surface area contributed by atoms with Crippen molar-refractivity contribution < 1.29 is 28.6 Å². The number of anilines is 1. The van der Waals surface area contributed by atoms with E-state index in [1.165, 1.54) is 32.4 Å². The highest BCUT2D eigenvalue weighted by Gasteiger charge is 2.17. The summed E-state index contributed by atoms with van der Waals surface area (Å²) in [6, 6.07) is 10.6. The quantitative estimate of drug-likeness (QED) is 0.778. The fourth-order valence-electron chi connectivity index (χ4n) is 2.05. The summed E-state index contributed by atoms with van der Waals surface area (Å²) >= 11 is 5.78. The Morgan fingerprint density at radius 2 is 1.62 bits per heavy atom. The molecule has 2 aromatic rings. The van der Waals surface area contributed by atoms with Crippen LogP contribution in [-0.4, -0.2) is 38.7 Å². The first-order valence-electron chi connectivity index (χ1n) is 7.43. The van der Waals surface area contributed by atoms with Gasteiger partial charge >= 0.3 is 11.9 Å². The van der Waals surface area contributed by atoms with Crippen molar-refractivity contribution >= 4 is 35.1 Å². The van der Waals surface area contributed by atoms with E-state index in [0.717, 1.165) is 0 Å². The van der Waals surface area contributed by atoms with Gasteiger partial charge in [-0.2, -0.15) is 0 Å². The number of carbonyl (C=O) groups is 3. The van der Waals surface area contributed by atoms with Crippen LogP contribution in [0.3, 0.4) is 0 Å². The first-order valence-corrected chi connectivity index (χ1v) is 7.81. The van der Waals surface area contributed by atoms with Crippen LogP contribution in [0.15, 0.2) is 42.5 Å². The predicted octanol–water partition coefficient (Wildman–Crippen LogP) is 2.93. The lowest BCUT2D eigenvalue weighted by Gasteiger charge is -2.12. The summed E-state index contributed by atoms with van der Waals surface area (Å²) in [6.07, 6.45) is 0. The highest BCUT2D eigenvalue weighted by atomic mass is 35.5. The third kappa shape index (κ3) is 4.97. The minimum Gasteiger partial charge on any atom is -0.484 e. The van der Waals surface area contributed by atoms with E-state index in [0.29, 0.717) is 10.8 Å². The minimum atomic E-state index is -0.657. The summed E-state index contributed by atoms with van der Waals surface area (Å²) in [5.74, 6) is -1.32. The number of hydrogen-bond acceptors (Lipinski definition) is 6. The number of rotatable bonds is 6. The molecule has 2 rings (SSSR count). The van der Waals surface area contributed by atoms with Crippen molar-refractivity contribution in [2.75, 3.05) is 26.1 Å². The third-order valence-electron chi connectivity index (χ3n) is 3.30. The molecule has 0 aliphatic carbocycles. The van der Waals surface area contributed by atoms with Crippen molar-refractivity contribution in [3.05, 3.63) is 58.6 Å². The van der Waals surface area contributed by atoms with Gasteiger partial charge in [0.15, 0.2) is 6.61 Å². The van der Waals surface area contributed by atoms with Crippen LogP contribution in [0.1, 0.15) is 20.7 Å². The van der Waals surface area contributed by atoms with Crippen molar-refractivity contribution in [2.24, 2.45) is 0 Å². The highest BCUT2D eigenvalue weighted by molar-refractivity contribution is 6.30. The Morgan fingerprint density at radius 3 is 2.23 bits per heavy atom. The standard InChI is InChI=1S/C18H16ClNO6/c1-24-17(22)11-3-8-14(18(23)25-2)15(9-11)20-16(21)10-26-13-6-4-12(19)5-7-13/h3-9H,10H2,1-2H3,(H,20,21). The molecule has 1 amide bonds. The molecule has 0 heterocycles. The molecule has 0 aromatic heterocycles. The summed E-state index contributed by atoms with van der Waals surface area (Å²) < 4.78 is 14.7. The summed E-state index contributed by atoms with van der Waals surface area (Å²) in [5.41, 5.74) is 0.388. The number of halogens is 1. The van der Waals surface area contributed by atoms with Crippen LogP contribution in [0, 0.1) is 0 Å². The highest BCUT2D eigenvalue weighted by Crippen LogP contribution is 2.20. The third-order valence-corrected chi connectivity index (χ3v) is 3.56. The average molecular weight is 378 g/mol. The van der Waals surface area contributed by atoms with Gasteiger partial charge in [-0.25, -0.2) is 9.59 Å². The van der Waals surface area contributed by atoms with Gasteiger partial charge in [0, 0.05) is 5.02 Å². The first-order chi connectivity index (χ1) is 12.4. The summed E-state index contributed by atoms with van der Waals surface area (Å²) in [7, 11) is 2.45. The van der Waals surface area contributed by atoms with E-state index in [1.807, 2.05) is 0 Å². The van der Waals surface area contributed by atoms with E-state index in [9.17, 15) is 14.4 Å². The van der Waals surface area contributed by atoms with Gasteiger partial charge in [0.05, 0.1) is 31.0 Å². The molecular weight excluding hydrogens is 362 g/mol. The fraction of sp³-hybridized carbons (Fsp3) is 0.167. The second-order valence-corrected chi connectivity index (χ2v) is 5.47. The molecule has 2 aromatic carbocycles. The van der Waals surface area contributed by atoms with E-state index in [4.69, 9.17) is 16.3 Å². The smallest absolute Gasteiger partial charge is 0.339 e. The Labute approximate surface area is 154 Å². The maximum atomic E-state index is 12.1. The number of nitrogens with one attached hydrogen (secondary N) is 1. The van der Waals surface area contributed by atoms with Gasteiger partial charge < -0.3 is 19.5 Å². The topological polar surface area (TPSA) is 90.9 Å². The second-order valence-electron chi connectivity index (χ2n) is 5.03. The Kier molecular flexibility index (Phi) is 6.57. The summed E-state index contributed by atoms with van der Waals surface area (Å²) in [4.78, 5) is 35.6. The molecule has 0 saturated heterocycles. The lowest BCUT2D eigenvalue weighted by atomic mass is 10.1. The molecule has 1 N–H and O–H groups in total. The van der Waals surface area contributed by atoms with Crippen LogP contribution in [0.2, 0.25) is 5.02 Å². The van der Waals surface area contributed by atoms with Crippen molar-refractivity contribution in [3.63, 3.8) is 0 Å². The molecule has 0 atom stereocenters. The zero-order valence-corrected chi connectivity index (χ0v) is 14.8. The van der Waals surface area contributed by atoms with Crippen LogP contribution in [0.25, 0.3) is 0 Å². The number of ether oxygens (including phenoxy) is 3. The number of carbonyl (C=O) groups excluding carboxylic acids is 3. The Bertz CT molecular complexity index is 819. The monoisotopic (exact) mass is 377 g/mol. The summed E-state index contributed by atoms with van der Waals surface area (Å²) in [5, 5.41) is 3.07. The van der Waals surface area contributed by atoms with E-state index < -0.39 is 17.8 Å². The van der Waals surface area contributed by atoms with Gasteiger partial charge in [0.25, 0.3) is 5.91 Å². The molecule has 0 radical (unpaired) electrons. The van der Waals surface area contributed by atoms with Crippen molar-refractivity contribution in [2.45, 2.75) is 0 Å². The van der Waals surface area contributed by atoms with E-state index in [-0.39, 0.29) is 23.4 Å². The molecule has 8 heteroatoms. The normalized spacial score (nSPS) is 9.96. The van der Waals surface area contributed by atoms with E-state index in [1.54, 1.807) is 24.3 Å². The van der Waals surface area contributed by atoms with E-state index >= 15 is 0 Å². The SMILES string of the molecule is COC(=O)c1ccc(C(=O)OC)c(NC(=O)COc2ccc(Cl)cc2)c1. The number of methoxy groups -OCH3 is 2. The lowest BCUT2D eigenvalue weighted by Crippen LogP contribution is -2.22. The van der Waals surface area contributed by atoms with Gasteiger partial charge in [0.2, 0.25) is 0 Å². The van der Waals surface area contributed by atoms with Gasteiger partial charge in [0.1, 0.15) is 5.75 Å². The lowest BCUT2D eigenvalue weighted by molar-refractivity contribution is -0.118. The molecule has 7 nitrogen and oxygen atoms in total. The van der Waals surface area contributed by atoms with Gasteiger partial charge in [-0.1, -0.05) is 11.6 Å².